The number of benzene rings is 3. The maximum Gasteiger partial charge on any atom is 0.303 e. The quantitative estimate of drug-likeness (QED) is 0.442. The van der Waals surface area contributed by atoms with Gasteiger partial charge in [0, 0.05) is 23.7 Å². The van der Waals surface area contributed by atoms with Gasteiger partial charge in [-0.1, -0.05) is 54.6 Å². The van der Waals surface area contributed by atoms with Crippen molar-refractivity contribution >= 4 is 16.9 Å². The van der Waals surface area contributed by atoms with Gasteiger partial charge in [-0.2, -0.15) is 0 Å². The third-order valence-corrected chi connectivity index (χ3v) is 5.48. The van der Waals surface area contributed by atoms with Crippen LogP contribution in [0.1, 0.15) is 28.7 Å². The van der Waals surface area contributed by atoms with Gasteiger partial charge in [-0.3, -0.25) is 4.79 Å². The van der Waals surface area contributed by atoms with Crippen molar-refractivity contribution in [1.29, 1.82) is 0 Å². The molecule has 0 unspecified atom stereocenters. The highest BCUT2D eigenvalue weighted by Crippen LogP contribution is 2.29. The first-order valence-corrected chi connectivity index (χ1v) is 10.1. The summed E-state index contributed by atoms with van der Waals surface area (Å²) in [4.78, 5) is 11.0. The number of rotatable bonds is 7. The lowest BCUT2D eigenvalue weighted by Crippen LogP contribution is -1.98. The highest BCUT2D eigenvalue weighted by atomic mass is 16.4. The lowest BCUT2D eigenvalue weighted by molar-refractivity contribution is -0.136. The summed E-state index contributed by atoms with van der Waals surface area (Å²) < 4.78 is 2.27. The summed E-state index contributed by atoms with van der Waals surface area (Å²) in [6, 6.07) is 25.3. The van der Waals surface area contributed by atoms with Crippen molar-refractivity contribution in [2.24, 2.45) is 0 Å². The van der Waals surface area contributed by atoms with Gasteiger partial charge in [-0.05, 0) is 66.6 Å². The number of carboxylic acid groups (broad SMARTS) is 1. The first-order valence-electron chi connectivity index (χ1n) is 10.1. The average Bonchev–Trinajstić information content (AvgIpc) is 3.09. The van der Waals surface area contributed by atoms with Gasteiger partial charge >= 0.3 is 5.97 Å². The number of aromatic nitrogens is 1. The predicted octanol–water partition coefficient (Wildman–Crippen LogP) is 5.74. The molecule has 0 radical (unpaired) electrons. The van der Waals surface area contributed by atoms with Crippen molar-refractivity contribution in [3.63, 3.8) is 0 Å². The molecule has 0 aliphatic carbocycles. The number of aliphatic carboxylic acids is 1. The summed E-state index contributed by atoms with van der Waals surface area (Å²) in [6.07, 6.45) is 4.88. The number of hydrogen-bond acceptors (Lipinski definition) is 1. The first-order chi connectivity index (χ1) is 14.1. The minimum absolute atomic E-state index is 0.156. The van der Waals surface area contributed by atoms with Crippen molar-refractivity contribution in [2.45, 2.75) is 32.6 Å². The van der Waals surface area contributed by atoms with E-state index < -0.39 is 5.97 Å². The number of hydrogen-bond donors (Lipinski definition) is 1. The second kappa shape index (κ2) is 8.36. The van der Waals surface area contributed by atoms with Gasteiger partial charge in [0.25, 0.3) is 0 Å². The molecule has 3 nitrogen and oxygen atoms in total. The molecule has 1 N–H and O–H groups in total. The molecule has 1 aromatic heterocycles. The van der Waals surface area contributed by atoms with Crippen LogP contribution in [0.2, 0.25) is 0 Å². The highest BCUT2D eigenvalue weighted by molar-refractivity contribution is 5.86. The fourth-order valence-electron chi connectivity index (χ4n) is 3.91. The molecule has 0 spiro atoms. The van der Waals surface area contributed by atoms with E-state index in [1.165, 1.54) is 33.3 Å². The van der Waals surface area contributed by atoms with Crippen LogP contribution in [0.25, 0.3) is 16.6 Å². The molecule has 3 heteroatoms. The number of fused-ring (bicyclic) bond motifs is 1. The lowest BCUT2D eigenvalue weighted by atomic mass is 10.0. The van der Waals surface area contributed by atoms with Gasteiger partial charge in [0.15, 0.2) is 0 Å². The second-order valence-corrected chi connectivity index (χ2v) is 7.54. The number of aryl methyl sites for hydroxylation is 4. The zero-order chi connectivity index (χ0) is 20.2. The molecule has 0 saturated carbocycles. The van der Waals surface area contributed by atoms with E-state index in [4.69, 9.17) is 5.11 Å². The van der Waals surface area contributed by atoms with E-state index in [-0.39, 0.29) is 6.42 Å². The molecule has 3 aromatic carbocycles. The fourth-order valence-corrected chi connectivity index (χ4v) is 3.91. The van der Waals surface area contributed by atoms with E-state index in [2.05, 4.69) is 84.4 Å². The Labute approximate surface area is 171 Å². The molecule has 1 heterocycles. The van der Waals surface area contributed by atoms with Crippen LogP contribution in [0, 0.1) is 6.92 Å². The van der Waals surface area contributed by atoms with Crippen LogP contribution in [-0.2, 0) is 24.1 Å². The Kier molecular flexibility index (Phi) is 5.48. The monoisotopic (exact) mass is 383 g/mol. The number of para-hydroxylation sites is 1. The van der Waals surface area contributed by atoms with Crippen molar-refractivity contribution in [1.82, 2.24) is 4.57 Å². The van der Waals surface area contributed by atoms with E-state index in [0.717, 1.165) is 18.4 Å². The molecular formula is C26H25NO2. The molecule has 0 amide bonds. The van der Waals surface area contributed by atoms with Crippen molar-refractivity contribution in [2.75, 3.05) is 0 Å². The zero-order valence-electron chi connectivity index (χ0n) is 16.6. The SMILES string of the molecule is Cc1ccccc1-n1cc(CCc2ccccc2)c2cc(CCC(=O)O)ccc21. The van der Waals surface area contributed by atoms with Gasteiger partial charge in [0.2, 0.25) is 0 Å². The molecule has 4 aromatic rings. The van der Waals surface area contributed by atoms with E-state index in [0.29, 0.717) is 6.42 Å². The topological polar surface area (TPSA) is 42.2 Å². The predicted molar refractivity (Wildman–Crippen MR) is 118 cm³/mol. The maximum absolute atomic E-state index is 11.0. The second-order valence-electron chi connectivity index (χ2n) is 7.54. The van der Waals surface area contributed by atoms with Gasteiger partial charge < -0.3 is 9.67 Å². The molecule has 4 rings (SSSR count). The minimum atomic E-state index is -0.758. The van der Waals surface area contributed by atoms with Crippen LogP contribution < -0.4 is 0 Å². The van der Waals surface area contributed by atoms with Crippen LogP contribution in [0.5, 0.6) is 0 Å². The Bertz CT molecular complexity index is 1140. The van der Waals surface area contributed by atoms with Crippen LogP contribution in [-0.4, -0.2) is 15.6 Å². The number of carbonyl (C=O) groups is 1. The molecule has 0 aliphatic rings. The van der Waals surface area contributed by atoms with Gasteiger partial charge in [0.1, 0.15) is 0 Å². The molecule has 146 valence electrons. The first kappa shape index (κ1) is 19.0. The molecule has 0 saturated heterocycles. The Morgan fingerprint density at radius 3 is 2.38 bits per heavy atom. The standard InChI is InChI=1S/C26H25NO2/c1-19-7-5-6-10-24(19)27-18-22(14-11-20-8-3-2-4-9-20)23-17-21(12-15-25(23)27)13-16-26(28)29/h2-10,12,15,17-18H,11,13-14,16H2,1H3,(H,28,29). The summed E-state index contributed by atoms with van der Waals surface area (Å²) in [7, 11) is 0. The normalized spacial score (nSPS) is 11.1. The van der Waals surface area contributed by atoms with Gasteiger partial charge in [-0.15, -0.1) is 0 Å². The van der Waals surface area contributed by atoms with Crippen molar-refractivity contribution < 1.29 is 9.90 Å². The summed E-state index contributed by atoms with van der Waals surface area (Å²) in [5.74, 6) is -0.758. The maximum atomic E-state index is 11.0. The summed E-state index contributed by atoms with van der Waals surface area (Å²) in [6.45, 7) is 2.13. The summed E-state index contributed by atoms with van der Waals surface area (Å²) in [5.41, 5.74) is 7.27. The molecule has 29 heavy (non-hydrogen) atoms. The van der Waals surface area contributed by atoms with Gasteiger partial charge in [0.05, 0.1) is 5.52 Å². The van der Waals surface area contributed by atoms with Crippen molar-refractivity contribution in [3.05, 3.63) is 101 Å². The van der Waals surface area contributed by atoms with Crippen LogP contribution in [0.15, 0.2) is 79.0 Å². The largest absolute Gasteiger partial charge is 0.481 e. The van der Waals surface area contributed by atoms with Crippen LogP contribution in [0.4, 0.5) is 0 Å². The molecule has 0 fully saturated rings. The smallest absolute Gasteiger partial charge is 0.303 e. The average molecular weight is 383 g/mol. The Morgan fingerprint density at radius 2 is 1.62 bits per heavy atom. The van der Waals surface area contributed by atoms with E-state index in [1.54, 1.807) is 0 Å². The van der Waals surface area contributed by atoms with Gasteiger partial charge in [-0.25, -0.2) is 0 Å². The number of nitrogens with zero attached hydrogens (tertiary/aromatic N) is 1. The third-order valence-electron chi connectivity index (χ3n) is 5.48. The molecule has 0 aliphatic heterocycles. The third kappa shape index (κ3) is 4.24. The zero-order valence-corrected chi connectivity index (χ0v) is 16.6. The van der Waals surface area contributed by atoms with Crippen LogP contribution >= 0.6 is 0 Å². The fraction of sp³-hybridized carbons (Fsp3) is 0.192. The molecule has 0 atom stereocenters. The van der Waals surface area contributed by atoms with Crippen LogP contribution in [0.3, 0.4) is 0 Å². The van der Waals surface area contributed by atoms with E-state index in [9.17, 15) is 4.79 Å². The molecule has 0 bridgehead atoms. The van der Waals surface area contributed by atoms with E-state index >= 15 is 0 Å². The Morgan fingerprint density at radius 1 is 0.862 bits per heavy atom. The Balaban J connectivity index is 1.75. The van der Waals surface area contributed by atoms with E-state index in [1.807, 2.05) is 6.07 Å². The lowest BCUT2D eigenvalue weighted by Gasteiger charge is -2.09. The Hall–Kier alpha value is -3.33. The molecular weight excluding hydrogens is 358 g/mol. The van der Waals surface area contributed by atoms with Crippen molar-refractivity contribution in [3.8, 4) is 5.69 Å². The summed E-state index contributed by atoms with van der Waals surface area (Å²) >= 11 is 0. The summed E-state index contributed by atoms with van der Waals surface area (Å²) in [5, 5.41) is 10.2. The minimum Gasteiger partial charge on any atom is -0.481 e. The highest BCUT2D eigenvalue weighted by Gasteiger charge is 2.12. The number of carboxylic acids is 1.